The molecule has 0 saturated heterocycles. The number of rotatable bonds is 1. The van der Waals surface area contributed by atoms with Gasteiger partial charge >= 0.3 is 0 Å². The van der Waals surface area contributed by atoms with Crippen LogP contribution in [0, 0.1) is 0 Å². The van der Waals surface area contributed by atoms with Crippen molar-refractivity contribution in [1.29, 1.82) is 0 Å². The molecule has 4 aromatic carbocycles. The van der Waals surface area contributed by atoms with Crippen LogP contribution in [-0.2, 0) is 0 Å². The number of benzene rings is 4. The molecular weight excluding hydrogens is 428 g/mol. The molecule has 0 unspecified atom stereocenters. The number of thiophene rings is 2. The number of hydrogen-bond acceptors (Lipinski definition) is 2. The van der Waals surface area contributed by atoms with Crippen LogP contribution in [0.15, 0.2) is 103 Å². The van der Waals surface area contributed by atoms with E-state index in [0.717, 1.165) is 16.7 Å². The van der Waals surface area contributed by atoms with Crippen LogP contribution in [-0.4, -0.2) is 9.55 Å². The van der Waals surface area contributed by atoms with Crippen molar-refractivity contribution >= 4 is 74.3 Å². The molecule has 0 saturated carbocycles. The topological polar surface area (TPSA) is 20.7 Å². The standard InChI is InChI=1S/C28H18N2S2/c1-2-10-18(11-3-1)30-22-15-7-6-14-21(22)29-25-19-12-4-8-16-23(19)31-27(25)28-26(30)20-13-5-9-17-24(20)32-28/h1-17,29H. The number of aromatic amines is 1. The van der Waals surface area contributed by atoms with Crippen LogP contribution in [0.25, 0.3) is 57.3 Å². The largest absolute Gasteiger partial charge is 0.352 e. The van der Waals surface area contributed by atoms with E-state index < -0.39 is 0 Å². The molecule has 4 heteroatoms. The van der Waals surface area contributed by atoms with E-state index in [1.165, 1.54) is 40.6 Å². The highest BCUT2D eigenvalue weighted by atomic mass is 32.1. The molecule has 0 aliphatic carbocycles. The molecule has 0 bridgehead atoms. The SMILES string of the molecule is c1ccc(-n2c3ccccc3[nH]c3c4ccccc4sc3c3sc4ccccc4c32)cc1. The Morgan fingerprint density at radius 1 is 0.562 bits per heavy atom. The van der Waals surface area contributed by atoms with E-state index in [2.05, 4.69) is 113 Å². The van der Waals surface area contributed by atoms with Gasteiger partial charge < -0.3 is 9.55 Å². The third-order valence-corrected chi connectivity index (χ3v) is 8.51. The van der Waals surface area contributed by atoms with Crippen molar-refractivity contribution < 1.29 is 0 Å². The molecule has 0 amide bonds. The average Bonchev–Trinajstić information content (AvgIpc) is 3.39. The fourth-order valence-corrected chi connectivity index (χ4v) is 7.09. The van der Waals surface area contributed by atoms with Crippen LogP contribution in [0.4, 0.5) is 0 Å². The van der Waals surface area contributed by atoms with Gasteiger partial charge in [0.05, 0.1) is 31.5 Å². The summed E-state index contributed by atoms with van der Waals surface area (Å²) in [6, 6.07) is 36.8. The predicted molar refractivity (Wildman–Crippen MR) is 141 cm³/mol. The Hall–Kier alpha value is -3.60. The number of hydrogen-bond donors (Lipinski definition) is 1. The smallest absolute Gasteiger partial charge is 0.0736 e. The van der Waals surface area contributed by atoms with E-state index in [0.29, 0.717) is 0 Å². The molecular formula is C28H18N2S2. The maximum atomic E-state index is 3.83. The van der Waals surface area contributed by atoms with Gasteiger partial charge in [-0.2, -0.15) is 0 Å². The zero-order chi connectivity index (χ0) is 21.1. The molecule has 1 N–H and O–H groups in total. The lowest BCUT2D eigenvalue weighted by Gasteiger charge is -2.13. The maximum Gasteiger partial charge on any atom is 0.0736 e. The van der Waals surface area contributed by atoms with Gasteiger partial charge in [-0.1, -0.05) is 66.7 Å². The Morgan fingerprint density at radius 3 is 2.03 bits per heavy atom. The molecule has 32 heavy (non-hydrogen) atoms. The van der Waals surface area contributed by atoms with Crippen molar-refractivity contribution in [3.8, 4) is 5.69 Å². The summed E-state index contributed by atoms with van der Waals surface area (Å²) in [7, 11) is 0. The number of aromatic nitrogens is 2. The van der Waals surface area contributed by atoms with Gasteiger partial charge in [-0.3, -0.25) is 0 Å². The second-order valence-corrected chi connectivity index (χ2v) is 10.00. The van der Waals surface area contributed by atoms with Gasteiger partial charge in [-0.25, -0.2) is 0 Å². The van der Waals surface area contributed by atoms with Gasteiger partial charge in [0.1, 0.15) is 0 Å². The minimum atomic E-state index is 1.11. The third-order valence-electron chi connectivity index (χ3n) is 6.01. The summed E-state index contributed by atoms with van der Waals surface area (Å²) in [6.07, 6.45) is 0. The second kappa shape index (κ2) is 6.95. The summed E-state index contributed by atoms with van der Waals surface area (Å²) in [5, 5.41) is 2.57. The number of fused-ring (bicyclic) bond motifs is 8. The molecule has 2 nitrogen and oxygen atoms in total. The van der Waals surface area contributed by atoms with Gasteiger partial charge in [0.25, 0.3) is 0 Å². The molecule has 0 aliphatic rings. The lowest BCUT2D eigenvalue weighted by molar-refractivity contribution is 1.17. The first kappa shape index (κ1) is 18.0. The zero-order valence-electron chi connectivity index (χ0n) is 17.1. The Balaban J connectivity index is 1.89. The van der Waals surface area contributed by atoms with Crippen LogP contribution >= 0.6 is 22.7 Å². The minimum absolute atomic E-state index is 1.11. The summed E-state index contributed by atoms with van der Waals surface area (Å²) in [4.78, 5) is 3.83. The average molecular weight is 447 g/mol. The molecule has 0 spiro atoms. The molecule has 0 aliphatic heterocycles. The van der Waals surface area contributed by atoms with E-state index in [-0.39, 0.29) is 0 Å². The molecule has 0 atom stereocenters. The van der Waals surface area contributed by atoms with Gasteiger partial charge in [-0.15, -0.1) is 22.7 Å². The van der Waals surface area contributed by atoms with Crippen molar-refractivity contribution in [2.24, 2.45) is 0 Å². The predicted octanol–water partition coefficient (Wildman–Crippen LogP) is 8.82. The first-order valence-electron chi connectivity index (χ1n) is 10.6. The van der Waals surface area contributed by atoms with Crippen molar-refractivity contribution in [3.05, 3.63) is 103 Å². The summed E-state index contributed by atoms with van der Waals surface area (Å²) in [6.45, 7) is 0. The first-order valence-corrected chi connectivity index (χ1v) is 12.3. The number of H-pyrrole nitrogens is 1. The quantitative estimate of drug-likeness (QED) is 0.260. The van der Waals surface area contributed by atoms with Gasteiger partial charge in [-0.05, 0) is 36.4 Å². The minimum Gasteiger partial charge on any atom is -0.352 e. The zero-order valence-corrected chi connectivity index (χ0v) is 18.7. The molecule has 7 aromatic rings. The summed E-state index contributed by atoms with van der Waals surface area (Å²) in [5.41, 5.74) is 5.90. The Morgan fingerprint density at radius 2 is 1.19 bits per heavy atom. The van der Waals surface area contributed by atoms with Crippen molar-refractivity contribution in [3.63, 3.8) is 0 Å². The van der Waals surface area contributed by atoms with E-state index in [1.807, 2.05) is 22.7 Å². The van der Waals surface area contributed by atoms with Crippen LogP contribution < -0.4 is 0 Å². The Bertz CT molecular complexity index is 1830. The van der Waals surface area contributed by atoms with Crippen molar-refractivity contribution in [2.75, 3.05) is 0 Å². The first-order chi connectivity index (χ1) is 15.9. The molecule has 3 heterocycles. The van der Waals surface area contributed by atoms with Crippen molar-refractivity contribution in [1.82, 2.24) is 9.55 Å². The van der Waals surface area contributed by atoms with Crippen LogP contribution in [0.5, 0.6) is 0 Å². The van der Waals surface area contributed by atoms with E-state index in [9.17, 15) is 0 Å². The van der Waals surface area contributed by atoms with E-state index in [4.69, 9.17) is 0 Å². The monoisotopic (exact) mass is 446 g/mol. The normalized spacial score (nSPS) is 11.8. The summed E-state index contributed by atoms with van der Waals surface area (Å²) >= 11 is 3.76. The molecule has 3 aromatic heterocycles. The molecule has 152 valence electrons. The maximum absolute atomic E-state index is 3.83. The van der Waals surface area contributed by atoms with Crippen LogP contribution in [0.1, 0.15) is 0 Å². The molecule has 7 rings (SSSR count). The number of para-hydroxylation sites is 3. The number of nitrogens with zero attached hydrogens (tertiary/aromatic N) is 1. The third kappa shape index (κ3) is 2.57. The second-order valence-electron chi connectivity index (χ2n) is 7.89. The Labute approximate surface area is 192 Å². The lowest BCUT2D eigenvalue weighted by Crippen LogP contribution is -1.98. The fraction of sp³-hybridized carbons (Fsp3) is 0. The number of nitrogens with one attached hydrogen (secondary N) is 1. The highest BCUT2D eigenvalue weighted by Crippen LogP contribution is 2.43. The van der Waals surface area contributed by atoms with Gasteiger partial charge in [0.15, 0.2) is 0 Å². The van der Waals surface area contributed by atoms with Crippen molar-refractivity contribution in [2.45, 2.75) is 0 Å². The van der Waals surface area contributed by atoms with Gasteiger partial charge in [0.2, 0.25) is 0 Å². The molecule has 0 radical (unpaired) electrons. The highest BCUT2D eigenvalue weighted by Gasteiger charge is 2.16. The van der Waals surface area contributed by atoms with E-state index in [1.54, 1.807) is 0 Å². The lowest BCUT2D eigenvalue weighted by atomic mass is 10.2. The van der Waals surface area contributed by atoms with Gasteiger partial charge in [0, 0.05) is 25.9 Å². The van der Waals surface area contributed by atoms with Crippen LogP contribution in [0.3, 0.4) is 0 Å². The van der Waals surface area contributed by atoms with E-state index >= 15 is 0 Å². The highest BCUT2D eigenvalue weighted by molar-refractivity contribution is 7.33. The summed E-state index contributed by atoms with van der Waals surface area (Å²) in [5.74, 6) is 0. The molecule has 0 fully saturated rings. The fourth-order valence-electron chi connectivity index (χ4n) is 4.61. The van der Waals surface area contributed by atoms with Crippen LogP contribution in [0.2, 0.25) is 0 Å². The summed E-state index contributed by atoms with van der Waals surface area (Å²) < 4.78 is 7.65. The Kier molecular flexibility index (Phi) is 3.92.